The minimum Gasteiger partial charge on any atom is -0.351 e. The van der Waals surface area contributed by atoms with Crippen LogP contribution in [0.3, 0.4) is 0 Å². The Bertz CT molecular complexity index is 689. The Morgan fingerprint density at radius 3 is 2.43 bits per heavy atom. The van der Waals surface area contributed by atoms with E-state index in [1.54, 1.807) is 23.0 Å². The predicted molar refractivity (Wildman–Crippen MR) is 89.7 cm³/mol. The molecule has 0 bridgehead atoms. The molecular formula is C17H22N4O2. The molecule has 1 aromatic carbocycles. The van der Waals surface area contributed by atoms with Gasteiger partial charge in [-0.25, -0.2) is 0 Å². The van der Waals surface area contributed by atoms with Crippen molar-refractivity contribution in [1.29, 1.82) is 0 Å². The largest absolute Gasteiger partial charge is 0.351 e. The van der Waals surface area contributed by atoms with Gasteiger partial charge in [0.1, 0.15) is 0 Å². The zero-order valence-electron chi connectivity index (χ0n) is 13.7. The Morgan fingerprint density at radius 1 is 1.13 bits per heavy atom. The summed E-state index contributed by atoms with van der Waals surface area (Å²) >= 11 is 0. The van der Waals surface area contributed by atoms with Crippen molar-refractivity contribution < 1.29 is 9.59 Å². The lowest BCUT2D eigenvalue weighted by molar-refractivity contribution is 0.0948. The van der Waals surface area contributed by atoms with E-state index >= 15 is 0 Å². The summed E-state index contributed by atoms with van der Waals surface area (Å²) in [6, 6.07) is 7.26. The van der Waals surface area contributed by atoms with Crippen LogP contribution in [0.1, 0.15) is 46.7 Å². The molecule has 6 nitrogen and oxygen atoms in total. The Morgan fingerprint density at radius 2 is 1.83 bits per heavy atom. The maximum Gasteiger partial charge on any atom is 0.273 e. The smallest absolute Gasteiger partial charge is 0.273 e. The van der Waals surface area contributed by atoms with E-state index in [9.17, 15) is 9.59 Å². The van der Waals surface area contributed by atoms with Crippen LogP contribution >= 0.6 is 0 Å². The molecule has 0 unspecified atom stereocenters. The number of benzene rings is 1. The maximum atomic E-state index is 12.3. The third kappa shape index (κ3) is 4.18. The van der Waals surface area contributed by atoms with Crippen molar-refractivity contribution in [2.75, 3.05) is 11.9 Å². The first kappa shape index (κ1) is 16.7. The average Bonchev–Trinajstić information content (AvgIpc) is 2.96. The number of carbonyl (C=O) groups excluding carboxylic acids is 2. The molecule has 0 radical (unpaired) electrons. The fourth-order valence-corrected chi connectivity index (χ4v) is 2.06. The molecule has 0 aliphatic rings. The zero-order valence-corrected chi connectivity index (χ0v) is 13.7. The number of nitrogens with zero attached hydrogens (tertiary/aromatic N) is 2. The van der Waals surface area contributed by atoms with Crippen LogP contribution in [0.5, 0.6) is 0 Å². The predicted octanol–water partition coefficient (Wildman–Crippen LogP) is 2.60. The lowest BCUT2D eigenvalue weighted by Crippen LogP contribution is -2.26. The van der Waals surface area contributed by atoms with Gasteiger partial charge < -0.3 is 10.6 Å². The van der Waals surface area contributed by atoms with Crippen LogP contribution in [-0.2, 0) is 6.54 Å². The lowest BCUT2D eigenvalue weighted by Gasteiger charge is -2.06. The maximum absolute atomic E-state index is 12.3. The van der Waals surface area contributed by atoms with Crippen LogP contribution in [0.2, 0.25) is 0 Å². The highest BCUT2D eigenvalue weighted by molar-refractivity contribution is 6.08. The first-order chi connectivity index (χ1) is 11.0. The number of hydrogen-bond donors (Lipinski definition) is 2. The van der Waals surface area contributed by atoms with Crippen molar-refractivity contribution in [3.8, 4) is 0 Å². The molecule has 2 aromatic rings. The standard InChI is InChI=1S/C17H22N4O2/c1-4-10-18-17(23)15-14(11-21(5-2)20-15)19-16(22)13-8-6-12(3)7-9-13/h6-9,11H,4-5,10H2,1-3H3,(H,18,23)(H,19,22). The van der Waals surface area contributed by atoms with E-state index in [0.29, 0.717) is 24.3 Å². The molecule has 0 spiro atoms. The van der Waals surface area contributed by atoms with Crippen molar-refractivity contribution in [3.63, 3.8) is 0 Å². The van der Waals surface area contributed by atoms with E-state index in [1.165, 1.54) is 0 Å². The Kier molecular flexibility index (Phi) is 5.51. The van der Waals surface area contributed by atoms with Crippen LogP contribution in [0, 0.1) is 6.92 Å². The van der Waals surface area contributed by atoms with Crippen LogP contribution < -0.4 is 10.6 Å². The van der Waals surface area contributed by atoms with Crippen LogP contribution in [0.4, 0.5) is 5.69 Å². The second-order valence-corrected chi connectivity index (χ2v) is 5.32. The summed E-state index contributed by atoms with van der Waals surface area (Å²) in [5.74, 6) is -0.538. The first-order valence-electron chi connectivity index (χ1n) is 7.78. The summed E-state index contributed by atoms with van der Waals surface area (Å²) in [7, 11) is 0. The highest BCUT2D eigenvalue weighted by Gasteiger charge is 2.18. The average molecular weight is 314 g/mol. The van der Waals surface area contributed by atoms with E-state index in [4.69, 9.17) is 0 Å². The molecule has 0 fully saturated rings. The SMILES string of the molecule is CCCNC(=O)c1nn(CC)cc1NC(=O)c1ccc(C)cc1. The van der Waals surface area contributed by atoms with Gasteiger partial charge in [-0.15, -0.1) is 0 Å². The summed E-state index contributed by atoms with van der Waals surface area (Å²) in [5, 5.41) is 9.79. The summed E-state index contributed by atoms with van der Waals surface area (Å²) in [5.41, 5.74) is 2.28. The summed E-state index contributed by atoms with van der Waals surface area (Å²) in [6.07, 6.45) is 2.51. The molecule has 0 saturated heterocycles. The van der Waals surface area contributed by atoms with Crippen molar-refractivity contribution in [2.24, 2.45) is 0 Å². The van der Waals surface area contributed by atoms with Crippen molar-refractivity contribution >= 4 is 17.5 Å². The van der Waals surface area contributed by atoms with E-state index in [-0.39, 0.29) is 17.5 Å². The topological polar surface area (TPSA) is 76.0 Å². The quantitative estimate of drug-likeness (QED) is 0.860. The van der Waals surface area contributed by atoms with E-state index < -0.39 is 0 Å². The molecule has 1 aromatic heterocycles. The Hall–Kier alpha value is -2.63. The van der Waals surface area contributed by atoms with Gasteiger partial charge >= 0.3 is 0 Å². The van der Waals surface area contributed by atoms with E-state index in [0.717, 1.165) is 12.0 Å². The van der Waals surface area contributed by atoms with Crippen molar-refractivity contribution in [3.05, 3.63) is 47.3 Å². The zero-order chi connectivity index (χ0) is 16.8. The number of rotatable bonds is 6. The Balaban J connectivity index is 2.20. The van der Waals surface area contributed by atoms with Crippen molar-refractivity contribution in [1.82, 2.24) is 15.1 Å². The van der Waals surface area contributed by atoms with E-state index in [1.807, 2.05) is 32.9 Å². The second kappa shape index (κ2) is 7.58. The number of aromatic nitrogens is 2. The van der Waals surface area contributed by atoms with Gasteiger partial charge in [-0.05, 0) is 32.4 Å². The van der Waals surface area contributed by atoms with Gasteiger partial charge in [0.05, 0.1) is 5.69 Å². The molecule has 2 rings (SSSR count). The van der Waals surface area contributed by atoms with Crippen LogP contribution in [-0.4, -0.2) is 28.1 Å². The van der Waals surface area contributed by atoms with Gasteiger partial charge in [0.2, 0.25) is 0 Å². The molecule has 2 N–H and O–H groups in total. The molecule has 1 heterocycles. The lowest BCUT2D eigenvalue weighted by atomic mass is 10.1. The molecular weight excluding hydrogens is 292 g/mol. The first-order valence-corrected chi connectivity index (χ1v) is 7.78. The van der Waals surface area contributed by atoms with Gasteiger partial charge in [-0.1, -0.05) is 24.6 Å². The number of amides is 2. The molecule has 122 valence electrons. The fraction of sp³-hybridized carbons (Fsp3) is 0.353. The van der Waals surface area contributed by atoms with Gasteiger partial charge in [-0.2, -0.15) is 5.10 Å². The Labute approximate surface area is 135 Å². The highest BCUT2D eigenvalue weighted by Crippen LogP contribution is 2.16. The van der Waals surface area contributed by atoms with Gasteiger partial charge in [0, 0.05) is 24.8 Å². The van der Waals surface area contributed by atoms with Gasteiger partial charge in [0.25, 0.3) is 11.8 Å². The number of nitrogens with one attached hydrogen (secondary N) is 2. The molecule has 0 aliphatic carbocycles. The summed E-state index contributed by atoms with van der Waals surface area (Å²) in [4.78, 5) is 24.5. The molecule has 0 atom stereocenters. The molecule has 0 saturated carbocycles. The minimum atomic E-state index is -0.279. The highest BCUT2D eigenvalue weighted by atomic mass is 16.2. The summed E-state index contributed by atoms with van der Waals surface area (Å²) < 4.78 is 1.63. The molecule has 23 heavy (non-hydrogen) atoms. The number of aryl methyl sites for hydroxylation is 2. The molecule has 0 aliphatic heterocycles. The van der Waals surface area contributed by atoms with Crippen LogP contribution in [0.25, 0.3) is 0 Å². The van der Waals surface area contributed by atoms with Crippen molar-refractivity contribution in [2.45, 2.75) is 33.7 Å². The number of hydrogen-bond acceptors (Lipinski definition) is 3. The third-order valence-electron chi connectivity index (χ3n) is 3.40. The minimum absolute atomic E-state index is 0.237. The third-order valence-corrected chi connectivity index (χ3v) is 3.40. The number of anilines is 1. The van der Waals surface area contributed by atoms with E-state index in [2.05, 4.69) is 15.7 Å². The fourth-order valence-electron chi connectivity index (χ4n) is 2.06. The second-order valence-electron chi connectivity index (χ2n) is 5.32. The monoisotopic (exact) mass is 314 g/mol. The number of carbonyl (C=O) groups is 2. The normalized spacial score (nSPS) is 10.4. The summed E-state index contributed by atoms with van der Waals surface area (Å²) in [6.45, 7) is 7.05. The van der Waals surface area contributed by atoms with Gasteiger partial charge in [-0.3, -0.25) is 14.3 Å². The van der Waals surface area contributed by atoms with Gasteiger partial charge in [0.15, 0.2) is 5.69 Å². The molecule has 2 amide bonds. The van der Waals surface area contributed by atoms with Crippen LogP contribution in [0.15, 0.2) is 30.5 Å². The molecule has 6 heteroatoms.